The third kappa shape index (κ3) is 3.53. The summed E-state index contributed by atoms with van der Waals surface area (Å²) in [4.78, 5) is 0. The van der Waals surface area contributed by atoms with Gasteiger partial charge in [0.05, 0.1) is 0 Å². The standard InChI is InChI=1S/C17H18ClNO/c1-12-10-14(18)4-9-17(12)20-16-7-2-13(3-8-16)11-19-15-5-6-15/h2-4,7-10,15,19H,5-6,11H2,1H3. The molecule has 0 aromatic heterocycles. The third-order valence-corrected chi connectivity index (χ3v) is 3.70. The van der Waals surface area contributed by atoms with Gasteiger partial charge in [-0.2, -0.15) is 0 Å². The zero-order valence-electron chi connectivity index (χ0n) is 11.5. The molecule has 2 nitrogen and oxygen atoms in total. The van der Waals surface area contributed by atoms with Crippen molar-refractivity contribution in [2.75, 3.05) is 0 Å². The molecule has 2 aromatic carbocycles. The quantitative estimate of drug-likeness (QED) is 0.861. The Morgan fingerprint density at radius 3 is 2.55 bits per heavy atom. The molecule has 1 aliphatic rings. The van der Waals surface area contributed by atoms with E-state index in [9.17, 15) is 0 Å². The molecular formula is C17H18ClNO. The highest BCUT2D eigenvalue weighted by molar-refractivity contribution is 6.30. The van der Waals surface area contributed by atoms with Crippen molar-refractivity contribution in [3.05, 3.63) is 58.6 Å². The Morgan fingerprint density at radius 1 is 1.15 bits per heavy atom. The number of hydrogen-bond donors (Lipinski definition) is 1. The molecular weight excluding hydrogens is 270 g/mol. The normalized spacial score (nSPS) is 14.3. The van der Waals surface area contributed by atoms with Gasteiger partial charge in [0.25, 0.3) is 0 Å². The van der Waals surface area contributed by atoms with Gasteiger partial charge in [0, 0.05) is 17.6 Å². The van der Waals surface area contributed by atoms with Crippen LogP contribution in [-0.2, 0) is 6.54 Å². The van der Waals surface area contributed by atoms with Crippen molar-refractivity contribution >= 4 is 11.6 Å². The van der Waals surface area contributed by atoms with Crippen molar-refractivity contribution in [1.29, 1.82) is 0 Å². The van der Waals surface area contributed by atoms with Gasteiger partial charge in [0.1, 0.15) is 11.5 Å². The van der Waals surface area contributed by atoms with Crippen molar-refractivity contribution in [3.63, 3.8) is 0 Å². The first kappa shape index (κ1) is 13.5. The highest BCUT2D eigenvalue weighted by Crippen LogP contribution is 2.27. The van der Waals surface area contributed by atoms with Crippen LogP contribution in [0, 0.1) is 6.92 Å². The van der Waals surface area contributed by atoms with Crippen molar-refractivity contribution < 1.29 is 4.74 Å². The molecule has 0 amide bonds. The summed E-state index contributed by atoms with van der Waals surface area (Å²) in [7, 11) is 0. The second-order valence-electron chi connectivity index (χ2n) is 5.31. The van der Waals surface area contributed by atoms with Crippen LogP contribution < -0.4 is 10.1 Å². The maximum absolute atomic E-state index is 5.94. The Labute approximate surface area is 124 Å². The summed E-state index contributed by atoms with van der Waals surface area (Å²) in [6, 6.07) is 14.6. The lowest BCUT2D eigenvalue weighted by molar-refractivity contribution is 0.478. The van der Waals surface area contributed by atoms with Gasteiger partial charge in [-0.1, -0.05) is 23.7 Å². The highest BCUT2D eigenvalue weighted by Gasteiger charge is 2.19. The van der Waals surface area contributed by atoms with Crippen molar-refractivity contribution in [2.24, 2.45) is 0 Å². The predicted molar refractivity (Wildman–Crippen MR) is 82.6 cm³/mol. The Bertz CT molecular complexity index is 590. The summed E-state index contributed by atoms with van der Waals surface area (Å²) in [6.45, 7) is 2.93. The smallest absolute Gasteiger partial charge is 0.130 e. The van der Waals surface area contributed by atoms with Crippen LogP contribution in [0.2, 0.25) is 5.02 Å². The van der Waals surface area contributed by atoms with Gasteiger partial charge in [-0.15, -0.1) is 0 Å². The van der Waals surface area contributed by atoms with Crippen LogP contribution >= 0.6 is 11.6 Å². The largest absolute Gasteiger partial charge is 0.457 e. The summed E-state index contributed by atoms with van der Waals surface area (Å²) in [5.74, 6) is 1.70. The Balaban J connectivity index is 1.64. The van der Waals surface area contributed by atoms with Gasteiger partial charge in [-0.25, -0.2) is 0 Å². The van der Waals surface area contributed by atoms with E-state index in [0.29, 0.717) is 0 Å². The van der Waals surface area contributed by atoms with Gasteiger partial charge in [-0.05, 0) is 61.2 Å². The Kier molecular flexibility index (Phi) is 3.95. The van der Waals surface area contributed by atoms with E-state index in [1.165, 1.54) is 18.4 Å². The fourth-order valence-electron chi connectivity index (χ4n) is 2.08. The number of hydrogen-bond acceptors (Lipinski definition) is 2. The van der Waals surface area contributed by atoms with Crippen molar-refractivity contribution in [3.8, 4) is 11.5 Å². The molecule has 1 aliphatic carbocycles. The fourth-order valence-corrected chi connectivity index (χ4v) is 2.31. The zero-order chi connectivity index (χ0) is 13.9. The molecule has 1 N–H and O–H groups in total. The van der Waals surface area contributed by atoms with Gasteiger partial charge in [0.15, 0.2) is 0 Å². The van der Waals surface area contributed by atoms with E-state index in [4.69, 9.17) is 16.3 Å². The number of benzene rings is 2. The van der Waals surface area contributed by atoms with Crippen LogP contribution in [0.25, 0.3) is 0 Å². The maximum atomic E-state index is 5.94. The summed E-state index contributed by atoms with van der Waals surface area (Å²) < 4.78 is 5.88. The van der Waals surface area contributed by atoms with E-state index < -0.39 is 0 Å². The topological polar surface area (TPSA) is 21.3 Å². The maximum Gasteiger partial charge on any atom is 0.130 e. The second kappa shape index (κ2) is 5.86. The minimum Gasteiger partial charge on any atom is -0.457 e. The molecule has 0 aliphatic heterocycles. The van der Waals surface area contributed by atoms with E-state index in [0.717, 1.165) is 34.7 Å². The van der Waals surface area contributed by atoms with E-state index in [1.807, 2.05) is 37.3 Å². The lowest BCUT2D eigenvalue weighted by atomic mass is 10.2. The van der Waals surface area contributed by atoms with Crippen molar-refractivity contribution in [1.82, 2.24) is 5.32 Å². The van der Waals surface area contributed by atoms with E-state index in [-0.39, 0.29) is 0 Å². The van der Waals surface area contributed by atoms with Crippen LogP contribution in [0.3, 0.4) is 0 Å². The minimum absolute atomic E-state index is 0.733. The SMILES string of the molecule is Cc1cc(Cl)ccc1Oc1ccc(CNC2CC2)cc1. The van der Waals surface area contributed by atoms with Gasteiger partial charge in [-0.3, -0.25) is 0 Å². The zero-order valence-corrected chi connectivity index (χ0v) is 12.3. The summed E-state index contributed by atoms with van der Waals surface area (Å²) in [5, 5.41) is 4.23. The Hall–Kier alpha value is -1.51. The first-order valence-corrected chi connectivity index (χ1v) is 7.35. The van der Waals surface area contributed by atoms with Gasteiger partial charge < -0.3 is 10.1 Å². The van der Waals surface area contributed by atoms with Gasteiger partial charge in [0.2, 0.25) is 0 Å². The molecule has 0 bridgehead atoms. The van der Waals surface area contributed by atoms with E-state index in [2.05, 4.69) is 17.4 Å². The first-order chi connectivity index (χ1) is 9.70. The third-order valence-electron chi connectivity index (χ3n) is 3.46. The first-order valence-electron chi connectivity index (χ1n) is 6.97. The molecule has 0 unspecified atom stereocenters. The molecule has 2 aromatic rings. The number of halogens is 1. The monoisotopic (exact) mass is 287 g/mol. The molecule has 0 spiro atoms. The summed E-state index contributed by atoms with van der Waals surface area (Å²) >= 11 is 5.94. The predicted octanol–water partition coefficient (Wildman–Crippen LogP) is 4.69. The lowest BCUT2D eigenvalue weighted by Crippen LogP contribution is -2.14. The number of aryl methyl sites for hydroxylation is 1. The average Bonchev–Trinajstić information content (AvgIpc) is 3.25. The molecule has 0 atom stereocenters. The lowest BCUT2D eigenvalue weighted by Gasteiger charge is -2.10. The van der Waals surface area contributed by atoms with Gasteiger partial charge >= 0.3 is 0 Å². The molecule has 3 rings (SSSR count). The summed E-state index contributed by atoms with van der Waals surface area (Å²) in [6.07, 6.45) is 2.63. The molecule has 0 heterocycles. The molecule has 1 fully saturated rings. The average molecular weight is 288 g/mol. The molecule has 3 heteroatoms. The molecule has 104 valence electrons. The Morgan fingerprint density at radius 2 is 1.90 bits per heavy atom. The van der Waals surface area contributed by atoms with Crippen LogP contribution in [0.4, 0.5) is 0 Å². The second-order valence-corrected chi connectivity index (χ2v) is 5.75. The van der Waals surface area contributed by atoms with E-state index >= 15 is 0 Å². The minimum atomic E-state index is 0.733. The van der Waals surface area contributed by atoms with Crippen LogP contribution in [-0.4, -0.2) is 6.04 Å². The molecule has 20 heavy (non-hydrogen) atoms. The van der Waals surface area contributed by atoms with Crippen LogP contribution in [0.1, 0.15) is 24.0 Å². The highest BCUT2D eigenvalue weighted by atomic mass is 35.5. The summed E-state index contributed by atoms with van der Waals surface area (Å²) in [5.41, 5.74) is 2.33. The number of rotatable bonds is 5. The van der Waals surface area contributed by atoms with Crippen LogP contribution in [0.15, 0.2) is 42.5 Å². The fraction of sp³-hybridized carbons (Fsp3) is 0.294. The molecule has 0 saturated heterocycles. The van der Waals surface area contributed by atoms with Crippen molar-refractivity contribution in [2.45, 2.75) is 32.4 Å². The number of nitrogens with one attached hydrogen (secondary N) is 1. The van der Waals surface area contributed by atoms with Crippen LogP contribution in [0.5, 0.6) is 11.5 Å². The molecule has 0 radical (unpaired) electrons. The number of ether oxygens (including phenoxy) is 1. The molecule has 1 saturated carbocycles. The van der Waals surface area contributed by atoms with E-state index in [1.54, 1.807) is 0 Å².